The lowest BCUT2D eigenvalue weighted by atomic mass is 9.98. The average Bonchev–Trinajstić information content (AvgIpc) is 2.66. The van der Waals surface area contributed by atoms with Crippen molar-refractivity contribution in [3.63, 3.8) is 0 Å². The van der Waals surface area contributed by atoms with Crippen molar-refractivity contribution >= 4 is 28.7 Å². The monoisotopic (exact) mass is 352 g/mol. The summed E-state index contributed by atoms with van der Waals surface area (Å²) in [7, 11) is 0. The van der Waals surface area contributed by atoms with Gasteiger partial charge in [-0.05, 0) is 49.1 Å². The second-order valence-corrected chi connectivity index (χ2v) is 6.19. The van der Waals surface area contributed by atoms with Gasteiger partial charge in [0.1, 0.15) is 6.67 Å². The molecule has 2 aromatic carbocycles. The second-order valence-electron chi connectivity index (χ2n) is 5.81. The van der Waals surface area contributed by atoms with Crippen molar-refractivity contribution in [2.45, 2.75) is 19.3 Å². The summed E-state index contributed by atoms with van der Waals surface area (Å²) in [6.45, 7) is 1.05. The summed E-state index contributed by atoms with van der Waals surface area (Å²) < 4.78 is 0. The van der Waals surface area contributed by atoms with Crippen molar-refractivity contribution in [3.05, 3.63) is 71.3 Å². The molecule has 0 heterocycles. The highest BCUT2D eigenvalue weighted by molar-refractivity contribution is 6.44. The highest BCUT2D eigenvalue weighted by Crippen LogP contribution is 2.26. The lowest BCUT2D eigenvalue weighted by Gasteiger charge is -2.17. The van der Waals surface area contributed by atoms with Crippen molar-refractivity contribution in [2.75, 3.05) is 18.5 Å². The number of halogens is 1. The van der Waals surface area contributed by atoms with Gasteiger partial charge in [-0.2, -0.15) is 10.2 Å². The first-order valence-corrected chi connectivity index (χ1v) is 8.83. The molecule has 2 aromatic rings. The Kier molecular flexibility index (Phi) is 6.35. The van der Waals surface area contributed by atoms with Crippen LogP contribution in [0, 0.1) is 0 Å². The van der Waals surface area contributed by atoms with Crippen molar-refractivity contribution in [2.24, 2.45) is 15.2 Å². The molecule has 4 nitrogen and oxygen atoms in total. The maximum absolute atomic E-state index is 6.53. The van der Waals surface area contributed by atoms with E-state index in [4.69, 9.17) is 11.6 Å². The lowest BCUT2D eigenvalue weighted by molar-refractivity contribution is 0.798. The molecule has 0 unspecified atom stereocenters. The van der Waals surface area contributed by atoms with Crippen LogP contribution in [0.5, 0.6) is 0 Å². The number of benzene rings is 2. The number of hydrogen-bond acceptors (Lipinski definition) is 4. The molecular formula is C20H21ClN4. The molecule has 0 spiro atoms. The molecule has 5 heteroatoms. The normalized spacial score (nSPS) is 16.6. The van der Waals surface area contributed by atoms with Crippen LogP contribution in [-0.2, 0) is 0 Å². The number of anilines is 1. The minimum atomic E-state index is 0.522. The zero-order valence-corrected chi connectivity index (χ0v) is 14.8. The highest BCUT2D eigenvalue weighted by atomic mass is 35.5. The molecule has 0 saturated carbocycles. The van der Waals surface area contributed by atoms with Gasteiger partial charge in [-0.25, -0.2) is 0 Å². The molecule has 1 aliphatic rings. The Bertz CT molecular complexity index is 767. The molecule has 128 valence electrons. The third kappa shape index (κ3) is 5.26. The molecule has 1 N–H and O–H groups in total. The van der Waals surface area contributed by atoms with Gasteiger partial charge in [0.25, 0.3) is 0 Å². The maximum atomic E-state index is 6.53. The Morgan fingerprint density at radius 2 is 1.64 bits per heavy atom. The molecule has 0 bridgehead atoms. The van der Waals surface area contributed by atoms with Gasteiger partial charge in [-0.1, -0.05) is 48.0 Å². The van der Waals surface area contributed by atoms with E-state index in [1.807, 2.05) is 60.7 Å². The first-order valence-electron chi connectivity index (χ1n) is 8.45. The van der Waals surface area contributed by atoms with Gasteiger partial charge in [0.2, 0.25) is 0 Å². The topological polar surface area (TPSA) is 49.1 Å². The van der Waals surface area contributed by atoms with E-state index in [9.17, 15) is 0 Å². The van der Waals surface area contributed by atoms with E-state index >= 15 is 0 Å². The first kappa shape index (κ1) is 17.4. The van der Waals surface area contributed by atoms with Crippen LogP contribution >= 0.6 is 11.6 Å². The van der Waals surface area contributed by atoms with Gasteiger partial charge >= 0.3 is 0 Å². The standard InChI is InChI=1S/C20H21ClN4/c21-20-16(14-24-25-18-11-5-2-6-12-18)8-7-13-19(20)23-15-22-17-9-3-1-4-10-17/h1-6,9-12,22H,7-8,13-15H2/b23-19+,25-24?. The number of allylic oxidation sites excluding steroid dienone is 1. The quantitative estimate of drug-likeness (QED) is 0.641. The van der Waals surface area contributed by atoms with E-state index < -0.39 is 0 Å². The maximum Gasteiger partial charge on any atom is 0.108 e. The predicted octanol–water partition coefficient (Wildman–Crippen LogP) is 5.96. The van der Waals surface area contributed by atoms with Gasteiger partial charge in [0.15, 0.2) is 0 Å². The largest absolute Gasteiger partial charge is 0.366 e. The Labute approximate surface area is 153 Å². The molecule has 0 atom stereocenters. The minimum absolute atomic E-state index is 0.522. The SMILES string of the molecule is ClC1=C(CN=Nc2ccccc2)CCC/C1=N\CNc1ccccc1. The van der Waals surface area contributed by atoms with Gasteiger partial charge < -0.3 is 5.32 Å². The van der Waals surface area contributed by atoms with Crippen molar-refractivity contribution in [1.82, 2.24) is 0 Å². The van der Waals surface area contributed by atoms with E-state index in [-0.39, 0.29) is 0 Å². The summed E-state index contributed by atoms with van der Waals surface area (Å²) in [5, 5.41) is 12.6. The fraction of sp³-hybridized carbons (Fsp3) is 0.250. The molecule has 0 fully saturated rings. The second kappa shape index (κ2) is 9.14. The lowest BCUT2D eigenvalue weighted by Crippen LogP contribution is -2.12. The zero-order valence-electron chi connectivity index (χ0n) is 14.0. The third-order valence-corrected chi connectivity index (χ3v) is 4.47. The van der Waals surface area contributed by atoms with Gasteiger partial charge in [0, 0.05) is 5.69 Å². The van der Waals surface area contributed by atoms with Gasteiger partial charge in [0.05, 0.1) is 23.0 Å². The summed E-state index contributed by atoms with van der Waals surface area (Å²) in [6.07, 6.45) is 2.92. The Hall–Kier alpha value is -2.46. The molecule has 25 heavy (non-hydrogen) atoms. The van der Waals surface area contributed by atoms with Crippen LogP contribution < -0.4 is 5.32 Å². The van der Waals surface area contributed by atoms with Crippen molar-refractivity contribution in [3.8, 4) is 0 Å². The van der Waals surface area contributed by atoms with E-state index in [0.29, 0.717) is 13.2 Å². The molecule has 0 aliphatic heterocycles. The minimum Gasteiger partial charge on any atom is -0.366 e. The van der Waals surface area contributed by atoms with Crippen LogP contribution in [-0.4, -0.2) is 18.9 Å². The summed E-state index contributed by atoms with van der Waals surface area (Å²) in [5.74, 6) is 0. The van der Waals surface area contributed by atoms with Crippen molar-refractivity contribution < 1.29 is 0 Å². The number of nitrogens with one attached hydrogen (secondary N) is 1. The molecule has 0 aromatic heterocycles. The van der Waals surface area contributed by atoms with Crippen LogP contribution in [0.2, 0.25) is 0 Å². The first-order chi connectivity index (χ1) is 12.3. The van der Waals surface area contributed by atoms with Crippen LogP contribution in [0.15, 0.2) is 86.5 Å². The van der Waals surface area contributed by atoms with Crippen LogP contribution in [0.3, 0.4) is 0 Å². The third-order valence-electron chi connectivity index (χ3n) is 3.99. The van der Waals surface area contributed by atoms with E-state index in [1.165, 1.54) is 0 Å². The fourth-order valence-electron chi connectivity index (χ4n) is 2.67. The molecule has 1 aliphatic carbocycles. The molecular weight excluding hydrogens is 332 g/mol. The van der Waals surface area contributed by atoms with Crippen LogP contribution in [0.25, 0.3) is 0 Å². The zero-order chi connectivity index (χ0) is 17.3. The summed E-state index contributed by atoms with van der Waals surface area (Å²) in [4.78, 5) is 4.62. The fourth-order valence-corrected chi connectivity index (χ4v) is 2.98. The van der Waals surface area contributed by atoms with E-state index in [2.05, 4.69) is 20.5 Å². The number of para-hydroxylation sites is 1. The molecule has 0 saturated heterocycles. The molecule has 3 rings (SSSR count). The Morgan fingerprint density at radius 3 is 2.40 bits per heavy atom. The molecule has 0 radical (unpaired) electrons. The summed E-state index contributed by atoms with van der Waals surface area (Å²) in [5.41, 5.74) is 3.99. The smallest absolute Gasteiger partial charge is 0.108 e. The number of rotatable bonds is 6. The van der Waals surface area contributed by atoms with Crippen LogP contribution in [0.1, 0.15) is 19.3 Å². The van der Waals surface area contributed by atoms with Gasteiger partial charge in [-0.15, -0.1) is 0 Å². The number of azo groups is 1. The van der Waals surface area contributed by atoms with Crippen molar-refractivity contribution in [1.29, 1.82) is 0 Å². The number of nitrogens with zero attached hydrogens (tertiary/aromatic N) is 3. The average molecular weight is 353 g/mol. The number of aliphatic imine (C=N–C) groups is 1. The van der Waals surface area contributed by atoms with E-state index in [0.717, 1.165) is 47.0 Å². The summed E-state index contributed by atoms with van der Waals surface area (Å²) in [6, 6.07) is 19.8. The van der Waals surface area contributed by atoms with Crippen LogP contribution in [0.4, 0.5) is 11.4 Å². The predicted molar refractivity (Wildman–Crippen MR) is 105 cm³/mol. The highest BCUT2D eigenvalue weighted by Gasteiger charge is 2.16. The van der Waals surface area contributed by atoms with Gasteiger partial charge in [-0.3, -0.25) is 4.99 Å². The summed E-state index contributed by atoms with van der Waals surface area (Å²) >= 11 is 6.53. The molecule has 0 amide bonds. The Balaban J connectivity index is 1.60. The Morgan fingerprint density at radius 1 is 0.920 bits per heavy atom. The van der Waals surface area contributed by atoms with E-state index in [1.54, 1.807) is 0 Å². The number of hydrogen-bond donors (Lipinski definition) is 1.